The number of carbonyl (C=O) groups excluding carboxylic acids is 1. The molecule has 1 amide bonds. The number of nitrogens with zero attached hydrogens (tertiary/aromatic N) is 4. The lowest BCUT2D eigenvalue weighted by molar-refractivity contribution is -0.136. The third-order valence-electron chi connectivity index (χ3n) is 5.37. The minimum atomic E-state index is 0.167. The number of thioether (sulfide) groups is 1. The fourth-order valence-corrected chi connectivity index (χ4v) is 5.07. The first kappa shape index (κ1) is 17.5. The molecule has 1 aromatic rings. The highest BCUT2D eigenvalue weighted by atomic mass is 32.2. The van der Waals surface area contributed by atoms with Crippen molar-refractivity contribution in [2.45, 2.75) is 50.3 Å². The van der Waals surface area contributed by atoms with Gasteiger partial charge in [0.15, 0.2) is 0 Å². The van der Waals surface area contributed by atoms with Gasteiger partial charge in [-0.05, 0) is 37.9 Å². The van der Waals surface area contributed by atoms with Crippen LogP contribution in [0.4, 0.5) is 5.82 Å². The summed E-state index contributed by atoms with van der Waals surface area (Å²) in [6.07, 6.45) is 10.6. The molecule has 3 rings (SSSR count). The number of hydrogen-bond acceptors (Lipinski definition) is 5. The zero-order valence-electron chi connectivity index (χ0n) is 14.7. The number of amides is 1. The highest BCUT2D eigenvalue weighted by Crippen LogP contribution is 2.33. The van der Waals surface area contributed by atoms with E-state index < -0.39 is 0 Å². The second-order valence-electron chi connectivity index (χ2n) is 6.82. The molecule has 24 heavy (non-hydrogen) atoms. The van der Waals surface area contributed by atoms with Gasteiger partial charge >= 0.3 is 0 Å². The molecule has 0 aromatic carbocycles. The maximum Gasteiger partial charge on any atom is 0.225 e. The highest BCUT2D eigenvalue weighted by molar-refractivity contribution is 7.99. The molecule has 0 bridgehead atoms. The van der Waals surface area contributed by atoms with Gasteiger partial charge in [-0.15, -0.1) is 0 Å². The van der Waals surface area contributed by atoms with Crippen molar-refractivity contribution in [3.63, 3.8) is 0 Å². The van der Waals surface area contributed by atoms with Crippen molar-refractivity contribution < 1.29 is 4.79 Å². The van der Waals surface area contributed by atoms with Crippen molar-refractivity contribution in [3.8, 4) is 0 Å². The summed E-state index contributed by atoms with van der Waals surface area (Å²) < 4.78 is 0. The molecule has 2 fully saturated rings. The van der Waals surface area contributed by atoms with Crippen LogP contribution in [-0.2, 0) is 4.79 Å². The van der Waals surface area contributed by atoms with Gasteiger partial charge in [-0.1, -0.05) is 6.92 Å². The molecule has 2 aliphatic rings. The van der Waals surface area contributed by atoms with Crippen molar-refractivity contribution >= 4 is 23.5 Å². The molecule has 2 atom stereocenters. The molecule has 1 aliphatic heterocycles. The van der Waals surface area contributed by atoms with Gasteiger partial charge in [-0.25, -0.2) is 4.98 Å². The molecule has 0 N–H and O–H groups in total. The van der Waals surface area contributed by atoms with Crippen molar-refractivity contribution in [1.82, 2.24) is 14.9 Å². The van der Waals surface area contributed by atoms with Crippen molar-refractivity contribution in [3.05, 3.63) is 18.6 Å². The van der Waals surface area contributed by atoms with Crippen LogP contribution < -0.4 is 4.90 Å². The van der Waals surface area contributed by atoms with E-state index in [1.807, 2.05) is 18.8 Å². The number of aromatic nitrogens is 2. The van der Waals surface area contributed by atoms with E-state index in [1.165, 1.54) is 25.0 Å². The van der Waals surface area contributed by atoms with E-state index in [4.69, 9.17) is 0 Å². The minimum Gasteiger partial charge on any atom is -0.355 e. The number of carbonyl (C=O) groups is 1. The molecular formula is C18H28N4OS. The molecule has 5 nitrogen and oxygen atoms in total. The van der Waals surface area contributed by atoms with Gasteiger partial charge in [0.1, 0.15) is 5.82 Å². The van der Waals surface area contributed by atoms with Crippen LogP contribution in [0, 0.1) is 5.92 Å². The second-order valence-corrected chi connectivity index (χ2v) is 8.40. The third-order valence-corrected chi connectivity index (χ3v) is 6.61. The van der Waals surface area contributed by atoms with Crippen LogP contribution in [0.15, 0.2) is 18.6 Å². The molecule has 1 saturated carbocycles. The quantitative estimate of drug-likeness (QED) is 0.819. The molecule has 0 spiro atoms. The van der Waals surface area contributed by atoms with Crippen molar-refractivity contribution in [1.29, 1.82) is 0 Å². The maximum atomic E-state index is 12.9. The van der Waals surface area contributed by atoms with Crippen LogP contribution in [-0.4, -0.2) is 58.0 Å². The molecule has 0 unspecified atom stereocenters. The standard InChI is InChI=1S/C18H28N4OS/c1-3-24-16-5-4-15(12-16)21(2)18(23)14-6-10-22(11-7-14)17-13-19-8-9-20-17/h8-9,13-16H,3-7,10-12H2,1-2H3/t15-,16+/m1/s1. The lowest BCUT2D eigenvalue weighted by Gasteiger charge is -2.35. The molecule has 0 radical (unpaired) electrons. The first-order valence-electron chi connectivity index (χ1n) is 9.08. The summed E-state index contributed by atoms with van der Waals surface area (Å²) >= 11 is 2.05. The molecule has 2 heterocycles. The summed E-state index contributed by atoms with van der Waals surface area (Å²) in [5.74, 6) is 2.62. The van der Waals surface area contributed by atoms with Gasteiger partial charge in [0, 0.05) is 49.7 Å². The topological polar surface area (TPSA) is 49.3 Å². The Morgan fingerprint density at radius 2 is 2.08 bits per heavy atom. The lowest BCUT2D eigenvalue weighted by atomic mass is 9.94. The van der Waals surface area contributed by atoms with Gasteiger partial charge in [0.2, 0.25) is 5.91 Å². The fraction of sp³-hybridized carbons (Fsp3) is 0.722. The Morgan fingerprint density at radius 1 is 1.29 bits per heavy atom. The van der Waals surface area contributed by atoms with Gasteiger partial charge in [0.25, 0.3) is 0 Å². The largest absolute Gasteiger partial charge is 0.355 e. The second kappa shape index (κ2) is 8.19. The van der Waals surface area contributed by atoms with Crippen LogP contribution in [0.1, 0.15) is 39.0 Å². The third kappa shape index (κ3) is 4.02. The molecule has 1 aliphatic carbocycles. The Hall–Kier alpha value is -1.30. The Morgan fingerprint density at radius 3 is 2.75 bits per heavy atom. The highest BCUT2D eigenvalue weighted by Gasteiger charge is 2.34. The van der Waals surface area contributed by atoms with Crippen LogP contribution >= 0.6 is 11.8 Å². The first-order chi connectivity index (χ1) is 11.7. The smallest absolute Gasteiger partial charge is 0.225 e. The average molecular weight is 349 g/mol. The van der Waals surface area contributed by atoms with Crippen LogP contribution in [0.25, 0.3) is 0 Å². The van der Waals surface area contributed by atoms with Gasteiger partial charge in [0.05, 0.1) is 6.20 Å². The zero-order chi connectivity index (χ0) is 16.9. The summed E-state index contributed by atoms with van der Waals surface area (Å²) in [6.45, 7) is 4.00. The van der Waals surface area contributed by atoms with E-state index in [0.717, 1.165) is 37.0 Å². The Bertz CT molecular complexity index is 533. The van der Waals surface area contributed by atoms with Crippen molar-refractivity contribution in [2.24, 2.45) is 5.92 Å². The fourth-order valence-electron chi connectivity index (χ4n) is 3.93. The molecule has 1 aromatic heterocycles. The minimum absolute atomic E-state index is 0.167. The number of rotatable bonds is 5. The predicted octanol–water partition coefficient (Wildman–Crippen LogP) is 2.83. The molecule has 132 valence electrons. The van der Waals surface area contributed by atoms with E-state index in [1.54, 1.807) is 18.6 Å². The van der Waals surface area contributed by atoms with Gasteiger partial charge in [-0.3, -0.25) is 9.78 Å². The Balaban J connectivity index is 1.50. The molecular weight excluding hydrogens is 320 g/mol. The summed E-state index contributed by atoms with van der Waals surface area (Å²) in [5.41, 5.74) is 0. The summed E-state index contributed by atoms with van der Waals surface area (Å²) in [5, 5.41) is 0.744. The monoisotopic (exact) mass is 348 g/mol. The van der Waals surface area contributed by atoms with Gasteiger partial charge < -0.3 is 9.80 Å². The summed E-state index contributed by atoms with van der Waals surface area (Å²) in [7, 11) is 2.01. The lowest BCUT2D eigenvalue weighted by Crippen LogP contribution is -2.44. The average Bonchev–Trinajstić information content (AvgIpc) is 3.10. The van der Waals surface area contributed by atoms with Crippen LogP contribution in [0.5, 0.6) is 0 Å². The summed E-state index contributed by atoms with van der Waals surface area (Å²) in [6, 6.07) is 0.444. The van der Waals surface area contributed by atoms with Gasteiger partial charge in [-0.2, -0.15) is 11.8 Å². The Kier molecular flexibility index (Phi) is 5.98. The predicted molar refractivity (Wildman–Crippen MR) is 99.3 cm³/mol. The molecule has 1 saturated heterocycles. The first-order valence-corrected chi connectivity index (χ1v) is 10.1. The maximum absolute atomic E-state index is 12.9. The number of anilines is 1. The Labute approximate surface area is 149 Å². The van der Waals surface area contributed by atoms with E-state index in [2.05, 4.69) is 26.7 Å². The van der Waals surface area contributed by atoms with E-state index in [0.29, 0.717) is 11.9 Å². The van der Waals surface area contributed by atoms with Crippen LogP contribution in [0.2, 0.25) is 0 Å². The van der Waals surface area contributed by atoms with E-state index >= 15 is 0 Å². The van der Waals surface area contributed by atoms with Crippen LogP contribution in [0.3, 0.4) is 0 Å². The SMILES string of the molecule is CCS[C@H]1CC[C@@H](N(C)C(=O)C2CCN(c3cnccn3)CC2)C1. The van der Waals surface area contributed by atoms with E-state index in [-0.39, 0.29) is 5.92 Å². The summed E-state index contributed by atoms with van der Waals surface area (Å²) in [4.78, 5) is 25.7. The zero-order valence-corrected chi connectivity index (χ0v) is 15.5. The number of piperidine rings is 1. The van der Waals surface area contributed by atoms with E-state index in [9.17, 15) is 4.79 Å². The molecule has 6 heteroatoms. The van der Waals surface area contributed by atoms with Crippen molar-refractivity contribution in [2.75, 3.05) is 30.8 Å². The number of hydrogen-bond donors (Lipinski definition) is 0. The normalized spacial score (nSPS) is 25.0.